The number of sulfonamides is 1. The van der Waals surface area contributed by atoms with E-state index in [1.807, 2.05) is 0 Å². The number of hydrogen-bond acceptors (Lipinski definition) is 4. The molecule has 1 aliphatic rings. The Labute approximate surface area is 166 Å². The van der Waals surface area contributed by atoms with E-state index >= 15 is 0 Å². The first-order valence-corrected chi connectivity index (χ1v) is 10.3. The highest BCUT2D eigenvalue weighted by molar-refractivity contribution is 7.89. The largest absolute Gasteiger partial charge is 0.416 e. The van der Waals surface area contributed by atoms with Gasteiger partial charge in [-0.1, -0.05) is 6.07 Å². The van der Waals surface area contributed by atoms with Crippen LogP contribution in [0.15, 0.2) is 29.2 Å². The fourth-order valence-corrected chi connectivity index (χ4v) is 4.82. The minimum absolute atomic E-state index is 0.00265. The van der Waals surface area contributed by atoms with Gasteiger partial charge < -0.3 is 4.90 Å². The zero-order valence-electron chi connectivity index (χ0n) is 16.2. The molecule has 158 valence electrons. The molecule has 0 N–H and O–H groups in total. The zero-order valence-corrected chi connectivity index (χ0v) is 17.0. The first-order valence-electron chi connectivity index (χ1n) is 8.90. The van der Waals surface area contributed by atoms with E-state index in [1.165, 1.54) is 4.90 Å². The molecular weight excluding hydrogens is 409 g/mol. The van der Waals surface area contributed by atoms with E-state index < -0.39 is 26.7 Å². The van der Waals surface area contributed by atoms with Crippen molar-refractivity contribution in [2.45, 2.75) is 24.9 Å². The number of carbonyl (C=O) groups excluding carboxylic acids is 1. The number of piperazine rings is 1. The number of alkyl halides is 3. The second-order valence-corrected chi connectivity index (χ2v) is 8.83. The van der Waals surface area contributed by atoms with Gasteiger partial charge in [0, 0.05) is 38.9 Å². The number of benzene rings is 1. The molecule has 1 saturated heterocycles. The van der Waals surface area contributed by atoms with E-state index in [0.717, 1.165) is 22.5 Å². The Morgan fingerprint density at radius 2 is 1.72 bits per heavy atom. The highest BCUT2D eigenvalue weighted by atomic mass is 32.2. The van der Waals surface area contributed by atoms with Gasteiger partial charge >= 0.3 is 6.18 Å². The number of carbonyl (C=O) groups is 1. The average molecular weight is 430 g/mol. The van der Waals surface area contributed by atoms with Crippen molar-refractivity contribution in [2.24, 2.45) is 7.05 Å². The van der Waals surface area contributed by atoms with E-state index in [0.29, 0.717) is 23.0 Å². The Kier molecular flexibility index (Phi) is 5.48. The molecule has 1 fully saturated rings. The monoisotopic (exact) mass is 430 g/mol. The molecule has 11 heteroatoms. The summed E-state index contributed by atoms with van der Waals surface area (Å²) in [6.07, 6.45) is -4.63. The number of amides is 1. The molecule has 1 aromatic carbocycles. The van der Waals surface area contributed by atoms with E-state index in [-0.39, 0.29) is 32.1 Å². The third kappa shape index (κ3) is 4.01. The highest BCUT2D eigenvalue weighted by Gasteiger charge is 2.35. The van der Waals surface area contributed by atoms with Crippen molar-refractivity contribution in [1.29, 1.82) is 0 Å². The van der Waals surface area contributed by atoms with Crippen LogP contribution >= 0.6 is 0 Å². The molecule has 0 bridgehead atoms. The molecule has 29 heavy (non-hydrogen) atoms. The number of halogens is 3. The van der Waals surface area contributed by atoms with Crippen LogP contribution in [0, 0.1) is 13.8 Å². The minimum atomic E-state index is -4.63. The Hall–Kier alpha value is -2.40. The van der Waals surface area contributed by atoms with Gasteiger partial charge in [0.25, 0.3) is 5.91 Å². The number of aromatic nitrogens is 2. The topological polar surface area (TPSA) is 75.5 Å². The standard InChI is InChI=1S/C18H21F3N4O3S/c1-12-16(13(2)23(3)22-12)17(26)24-7-9-25(10-8-24)29(27,28)15-6-4-5-14(11-15)18(19,20)21/h4-6,11H,7-10H2,1-3H3. The maximum atomic E-state index is 12.9. The molecule has 1 amide bonds. The minimum Gasteiger partial charge on any atom is -0.336 e. The number of hydrogen-bond donors (Lipinski definition) is 0. The second-order valence-electron chi connectivity index (χ2n) is 6.89. The van der Waals surface area contributed by atoms with E-state index in [4.69, 9.17) is 0 Å². The van der Waals surface area contributed by atoms with Crippen molar-refractivity contribution in [1.82, 2.24) is 19.0 Å². The summed E-state index contributed by atoms with van der Waals surface area (Å²) in [7, 11) is -2.36. The van der Waals surface area contributed by atoms with Crippen LogP contribution in [0.25, 0.3) is 0 Å². The molecule has 3 rings (SSSR count). The van der Waals surface area contributed by atoms with E-state index in [2.05, 4.69) is 5.10 Å². The number of nitrogens with zero attached hydrogens (tertiary/aromatic N) is 4. The quantitative estimate of drug-likeness (QED) is 0.748. The lowest BCUT2D eigenvalue weighted by molar-refractivity contribution is -0.137. The zero-order chi connectivity index (χ0) is 21.6. The third-order valence-electron chi connectivity index (χ3n) is 5.05. The first kappa shape index (κ1) is 21.3. The molecule has 0 radical (unpaired) electrons. The molecule has 0 aliphatic carbocycles. The molecule has 0 unspecified atom stereocenters. The predicted molar refractivity (Wildman–Crippen MR) is 98.8 cm³/mol. The summed E-state index contributed by atoms with van der Waals surface area (Å²) in [5.41, 5.74) is 0.775. The first-order chi connectivity index (χ1) is 13.4. The van der Waals surface area contributed by atoms with Gasteiger partial charge in [0.05, 0.1) is 21.7 Å². The summed E-state index contributed by atoms with van der Waals surface area (Å²) < 4.78 is 67.0. The summed E-state index contributed by atoms with van der Waals surface area (Å²) >= 11 is 0. The van der Waals surface area contributed by atoms with Crippen LogP contribution in [0.1, 0.15) is 27.3 Å². The van der Waals surface area contributed by atoms with Crippen LogP contribution in [0.4, 0.5) is 13.2 Å². The SMILES string of the molecule is Cc1nn(C)c(C)c1C(=O)N1CCN(S(=O)(=O)c2cccc(C(F)(F)F)c2)CC1. The van der Waals surface area contributed by atoms with Gasteiger partial charge in [0.1, 0.15) is 0 Å². The average Bonchev–Trinajstić information content (AvgIpc) is 2.92. The van der Waals surface area contributed by atoms with Crippen LogP contribution in [0.2, 0.25) is 0 Å². The fourth-order valence-electron chi connectivity index (χ4n) is 3.35. The van der Waals surface area contributed by atoms with E-state index in [9.17, 15) is 26.4 Å². The van der Waals surface area contributed by atoms with Gasteiger partial charge in [0.15, 0.2) is 0 Å². The number of aryl methyl sites for hydroxylation is 2. The van der Waals surface area contributed by atoms with Gasteiger partial charge in [-0.25, -0.2) is 8.42 Å². The summed E-state index contributed by atoms with van der Waals surface area (Å²) in [4.78, 5) is 13.9. The van der Waals surface area contributed by atoms with Crippen LogP contribution in [-0.4, -0.2) is 59.5 Å². The Balaban J connectivity index is 1.76. The van der Waals surface area contributed by atoms with Crippen molar-refractivity contribution in [3.8, 4) is 0 Å². The molecule has 2 aromatic rings. The van der Waals surface area contributed by atoms with E-state index in [1.54, 1.807) is 25.6 Å². The summed E-state index contributed by atoms with van der Waals surface area (Å²) in [5, 5.41) is 4.22. The van der Waals surface area contributed by atoms with Crippen molar-refractivity contribution in [2.75, 3.05) is 26.2 Å². The Morgan fingerprint density at radius 3 is 2.24 bits per heavy atom. The maximum absolute atomic E-state index is 12.9. The third-order valence-corrected chi connectivity index (χ3v) is 6.94. The molecule has 2 heterocycles. The molecule has 7 nitrogen and oxygen atoms in total. The summed E-state index contributed by atoms with van der Waals surface area (Å²) in [5.74, 6) is -0.232. The maximum Gasteiger partial charge on any atom is 0.416 e. The fraction of sp³-hybridized carbons (Fsp3) is 0.444. The van der Waals surface area contributed by atoms with Crippen LogP contribution in [-0.2, 0) is 23.2 Å². The summed E-state index contributed by atoms with van der Waals surface area (Å²) in [6.45, 7) is 3.80. The molecule has 1 aliphatic heterocycles. The van der Waals surface area contributed by atoms with Gasteiger partial charge in [0.2, 0.25) is 10.0 Å². The molecular formula is C18H21F3N4O3S. The molecule has 0 saturated carbocycles. The lowest BCUT2D eigenvalue weighted by Gasteiger charge is -2.34. The Morgan fingerprint density at radius 1 is 1.10 bits per heavy atom. The highest BCUT2D eigenvalue weighted by Crippen LogP contribution is 2.31. The second kappa shape index (κ2) is 7.45. The van der Waals surface area contributed by atoms with Gasteiger partial charge in [-0.2, -0.15) is 22.6 Å². The number of rotatable bonds is 3. The van der Waals surface area contributed by atoms with Crippen molar-refractivity contribution in [3.63, 3.8) is 0 Å². The molecule has 0 atom stereocenters. The van der Waals surface area contributed by atoms with Crippen LogP contribution in [0.5, 0.6) is 0 Å². The van der Waals surface area contributed by atoms with Crippen molar-refractivity contribution in [3.05, 3.63) is 46.8 Å². The van der Waals surface area contributed by atoms with Crippen LogP contribution < -0.4 is 0 Å². The Bertz CT molecular complexity index is 1040. The normalized spacial score (nSPS) is 16.3. The van der Waals surface area contributed by atoms with Gasteiger partial charge in [-0.3, -0.25) is 9.48 Å². The van der Waals surface area contributed by atoms with Gasteiger partial charge in [-0.15, -0.1) is 0 Å². The van der Waals surface area contributed by atoms with Crippen LogP contribution in [0.3, 0.4) is 0 Å². The van der Waals surface area contributed by atoms with Crippen molar-refractivity contribution >= 4 is 15.9 Å². The van der Waals surface area contributed by atoms with Crippen molar-refractivity contribution < 1.29 is 26.4 Å². The smallest absolute Gasteiger partial charge is 0.336 e. The summed E-state index contributed by atoms with van der Waals surface area (Å²) in [6, 6.07) is 3.68. The molecule has 0 spiro atoms. The molecule has 1 aromatic heterocycles. The predicted octanol–water partition coefficient (Wildman–Crippen LogP) is 2.20. The lowest BCUT2D eigenvalue weighted by Crippen LogP contribution is -2.50. The van der Waals surface area contributed by atoms with Gasteiger partial charge in [-0.05, 0) is 32.0 Å². The lowest BCUT2D eigenvalue weighted by atomic mass is 10.1.